The Kier molecular flexibility index (Phi) is 4.61. The molecule has 0 aliphatic heterocycles. The molecule has 0 unspecified atom stereocenters. The molecule has 2 atom stereocenters. The molecule has 0 aromatic carbocycles. The maximum atomic E-state index is 12.7. The second-order valence-corrected chi connectivity index (χ2v) is 5.13. The average Bonchev–Trinajstić information content (AvgIpc) is 2.14. The zero-order valence-corrected chi connectivity index (χ0v) is 10.8. The van der Waals surface area contributed by atoms with Crippen LogP contribution >= 0.6 is 0 Å². The summed E-state index contributed by atoms with van der Waals surface area (Å²) in [6.07, 6.45) is -2.34. The molecule has 0 aromatic rings. The van der Waals surface area contributed by atoms with Gasteiger partial charge in [0.15, 0.2) is 0 Å². The molecule has 0 fully saturated rings. The molecule has 0 aromatic heterocycles. The van der Waals surface area contributed by atoms with Crippen LogP contribution in [0.5, 0.6) is 0 Å². The minimum Gasteiger partial charge on any atom is -0.310 e. The molecule has 100 valence electrons. The molecule has 1 aliphatic rings. The zero-order valence-electron chi connectivity index (χ0n) is 10.8. The van der Waals surface area contributed by atoms with Crippen molar-refractivity contribution >= 4 is 0 Å². The van der Waals surface area contributed by atoms with Crippen molar-refractivity contribution in [2.45, 2.75) is 51.0 Å². The van der Waals surface area contributed by atoms with Gasteiger partial charge in [-0.05, 0) is 26.9 Å². The Labute approximate surface area is 101 Å². The van der Waals surface area contributed by atoms with Crippen molar-refractivity contribution in [1.29, 1.82) is 0 Å². The van der Waals surface area contributed by atoms with Crippen molar-refractivity contribution in [2.75, 3.05) is 14.1 Å². The Morgan fingerprint density at radius 2 is 1.94 bits per heavy atom. The van der Waals surface area contributed by atoms with Gasteiger partial charge in [0, 0.05) is 23.7 Å². The second-order valence-electron chi connectivity index (χ2n) is 5.13. The molecule has 1 aliphatic carbocycles. The minimum absolute atomic E-state index is 0.0600. The van der Waals surface area contributed by atoms with Gasteiger partial charge < -0.3 is 10.2 Å². The van der Waals surface area contributed by atoms with E-state index in [0.717, 1.165) is 0 Å². The molecular formula is C12H21F3N2. The summed E-state index contributed by atoms with van der Waals surface area (Å²) in [7, 11) is 3.82. The van der Waals surface area contributed by atoms with E-state index in [4.69, 9.17) is 0 Å². The molecular weight excluding hydrogens is 229 g/mol. The molecule has 1 rings (SSSR count). The molecule has 0 saturated carbocycles. The Balaban J connectivity index is 2.81. The zero-order chi connectivity index (χ0) is 13.2. The number of nitrogens with one attached hydrogen (secondary N) is 1. The summed E-state index contributed by atoms with van der Waals surface area (Å²) < 4.78 is 38.0. The number of rotatable bonds is 3. The quantitative estimate of drug-likeness (QED) is 0.774. The molecule has 0 bridgehead atoms. The van der Waals surface area contributed by atoms with Gasteiger partial charge >= 0.3 is 6.18 Å². The van der Waals surface area contributed by atoms with E-state index in [1.165, 1.54) is 6.08 Å². The lowest BCUT2D eigenvalue weighted by molar-refractivity contribution is -0.0969. The van der Waals surface area contributed by atoms with Gasteiger partial charge in [0.2, 0.25) is 0 Å². The molecule has 0 amide bonds. The van der Waals surface area contributed by atoms with Crippen LogP contribution in [0.25, 0.3) is 0 Å². The van der Waals surface area contributed by atoms with Crippen LogP contribution in [0.4, 0.5) is 13.2 Å². The smallest absolute Gasteiger partial charge is 0.310 e. The summed E-state index contributed by atoms with van der Waals surface area (Å²) >= 11 is 0. The van der Waals surface area contributed by atoms with Crippen LogP contribution in [0.1, 0.15) is 26.7 Å². The summed E-state index contributed by atoms with van der Waals surface area (Å²) in [6, 6.07) is 0.185. The molecule has 1 N–H and O–H groups in total. The SMILES string of the molecule is CC(C)N[C@@H]1CC(C(F)(F)F)=CC[C@H]1N(C)C. The lowest BCUT2D eigenvalue weighted by atomic mass is 9.88. The molecule has 17 heavy (non-hydrogen) atoms. The fraction of sp³-hybridized carbons (Fsp3) is 0.833. The van der Waals surface area contributed by atoms with Gasteiger partial charge in [-0.3, -0.25) is 0 Å². The summed E-state index contributed by atoms with van der Waals surface area (Å²) in [5, 5.41) is 3.23. The van der Waals surface area contributed by atoms with Gasteiger partial charge in [-0.1, -0.05) is 19.9 Å². The van der Waals surface area contributed by atoms with Crippen molar-refractivity contribution in [1.82, 2.24) is 10.2 Å². The Bertz CT molecular complexity index is 282. The largest absolute Gasteiger partial charge is 0.412 e. The van der Waals surface area contributed by atoms with Crippen LogP contribution in [0.15, 0.2) is 11.6 Å². The first-order valence-corrected chi connectivity index (χ1v) is 5.90. The average molecular weight is 250 g/mol. The first-order chi connectivity index (χ1) is 7.71. The normalized spacial score (nSPS) is 26.5. The summed E-state index contributed by atoms with van der Waals surface area (Å²) in [5.74, 6) is 0. The molecule has 0 radical (unpaired) electrons. The van der Waals surface area contributed by atoms with E-state index < -0.39 is 11.7 Å². The van der Waals surface area contributed by atoms with Crippen LogP contribution in [0.2, 0.25) is 0 Å². The number of alkyl halides is 3. The van der Waals surface area contributed by atoms with Crippen molar-refractivity contribution in [2.24, 2.45) is 0 Å². The van der Waals surface area contributed by atoms with Crippen LogP contribution < -0.4 is 5.32 Å². The van der Waals surface area contributed by atoms with E-state index in [9.17, 15) is 13.2 Å². The summed E-state index contributed by atoms with van der Waals surface area (Å²) in [4.78, 5) is 1.99. The van der Waals surface area contributed by atoms with Crippen LogP contribution in [0, 0.1) is 0 Å². The van der Waals surface area contributed by atoms with Crippen molar-refractivity contribution < 1.29 is 13.2 Å². The molecule has 2 nitrogen and oxygen atoms in total. The van der Waals surface area contributed by atoms with Crippen LogP contribution in [-0.2, 0) is 0 Å². The summed E-state index contributed by atoms with van der Waals surface area (Å²) in [6.45, 7) is 3.91. The predicted octanol–water partition coefficient (Wildman–Crippen LogP) is 2.57. The van der Waals surface area contributed by atoms with Crippen molar-refractivity contribution in [3.05, 3.63) is 11.6 Å². The van der Waals surface area contributed by atoms with Gasteiger partial charge in [-0.25, -0.2) is 0 Å². The van der Waals surface area contributed by atoms with E-state index in [1.54, 1.807) is 0 Å². The lowest BCUT2D eigenvalue weighted by Gasteiger charge is -2.37. The highest BCUT2D eigenvalue weighted by molar-refractivity contribution is 5.17. The Hall–Kier alpha value is -0.550. The monoisotopic (exact) mass is 250 g/mol. The van der Waals surface area contributed by atoms with Gasteiger partial charge in [-0.2, -0.15) is 13.2 Å². The Morgan fingerprint density at radius 3 is 2.35 bits per heavy atom. The third-order valence-corrected chi connectivity index (χ3v) is 3.08. The number of nitrogens with zero attached hydrogens (tertiary/aromatic N) is 1. The number of halogens is 3. The fourth-order valence-corrected chi connectivity index (χ4v) is 2.28. The van der Waals surface area contributed by atoms with E-state index in [0.29, 0.717) is 6.42 Å². The number of likely N-dealkylation sites (N-methyl/N-ethyl adjacent to an activating group) is 1. The van der Waals surface area contributed by atoms with Crippen molar-refractivity contribution in [3.8, 4) is 0 Å². The summed E-state index contributed by atoms with van der Waals surface area (Å²) in [5.41, 5.74) is -0.395. The van der Waals surface area contributed by atoms with Crippen LogP contribution in [0.3, 0.4) is 0 Å². The molecule has 0 heterocycles. The third kappa shape index (κ3) is 4.00. The minimum atomic E-state index is -4.19. The van der Waals surface area contributed by atoms with E-state index in [1.807, 2.05) is 32.8 Å². The van der Waals surface area contributed by atoms with Gasteiger partial charge in [-0.15, -0.1) is 0 Å². The van der Waals surface area contributed by atoms with Gasteiger partial charge in [0.05, 0.1) is 0 Å². The number of hydrogen-bond acceptors (Lipinski definition) is 2. The second kappa shape index (κ2) is 5.40. The Morgan fingerprint density at radius 1 is 1.35 bits per heavy atom. The van der Waals surface area contributed by atoms with Gasteiger partial charge in [0.1, 0.15) is 0 Å². The lowest BCUT2D eigenvalue weighted by Crippen LogP contribution is -2.51. The van der Waals surface area contributed by atoms with E-state index in [2.05, 4.69) is 5.32 Å². The highest BCUT2D eigenvalue weighted by atomic mass is 19.4. The third-order valence-electron chi connectivity index (χ3n) is 3.08. The highest BCUT2D eigenvalue weighted by Gasteiger charge is 2.39. The van der Waals surface area contributed by atoms with Crippen LogP contribution in [-0.4, -0.2) is 43.3 Å². The standard InChI is InChI=1S/C12H21F3N2/c1-8(2)16-10-7-9(12(13,14)15)5-6-11(10)17(3)4/h5,8,10-11,16H,6-7H2,1-4H3/t10-,11-/m1/s1. The maximum Gasteiger partial charge on any atom is 0.412 e. The highest BCUT2D eigenvalue weighted by Crippen LogP contribution is 2.34. The van der Waals surface area contributed by atoms with Gasteiger partial charge in [0.25, 0.3) is 0 Å². The molecule has 0 saturated heterocycles. The molecule has 0 spiro atoms. The predicted molar refractivity (Wildman–Crippen MR) is 62.9 cm³/mol. The fourth-order valence-electron chi connectivity index (χ4n) is 2.28. The first kappa shape index (κ1) is 14.5. The van der Waals surface area contributed by atoms with E-state index in [-0.39, 0.29) is 24.5 Å². The molecule has 5 heteroatoms. The van der Waals surface area contributed by atoms with Crippen molar-refractivity contribution in [3.63, 3.8) is 0 Å². The first-order valence-electron chi connectivity index (χ1n) is 5.90. The topological polar surface area (TPSA) is 15.3 Å². The number of hydrogen-bond donors (Lipinski definition) is 1. The van der Waals surface area contributed by atoms with E-state index >= 15 is 0 Å². The maximum absolute atomic E-state index is 12.7.